The predicted molar refractivity (Wildman–Crippen MR) is 73.0 cm³/mol. The van der Waals surface area contributed by atoms with Gasteiger partial charge in [-0.3, -0.25) is 14.4 Å². The number of nitrogens with one attached hydrogen (secondary N) is 2. The van der Waals surface area contributed by atoms with Crippen molar-refractivity contribution in [3.8, 4) is 0 Å². The molecule has 0 unspecified atom stereocenters. The number of ketones is 1. The second kappa shape index (κ2) is 7.31. The Balaban J connectivity index is 2.52. The van der Waals surface area contributed by atoms with E-state index in [9.17, 15) is 14.4 Å². The summed E-state index contributed by atoms with van der Waals surface area (Å²) in [7, 11) is 0. The van der Waals surface area contributed by atoms with Gasteiger partial charge in [-0.05, 0) is 37.6 Å². The Morgan fingerprint density at radius 1 is 1.05 bits per heavy atom. The van der Waals surface area contributed by atoms with Crippen LogP contribution in [0.2, 0.25) is 0 Å². The monoisotopic (exact) mass is 262 g/mol. The summed E-state index contributed by atoms with van der Waals surface area (Å²) in [6, 6.07) is 6.39. The SMILES string of the molecule is CCCCNC(=O)C(=O)Nc1ccc(C(C)=O)cc1. The predicted octanol–water partition coefficient (Wildman–Crippen LogP) is 1.74. The maximum atomic E-state index is 11.5. The molecule has 5 heteroatoms. The minimum absolute atomic E-state index is 0.0461. The molecule has 19 heavy (non-hydrogen) atoms. The maximum absolute atomic E-state index is 11.5. The fourth-order valence-electron chi connectivity index (χ4n) is 1.44. The van der Waals surface area contributed by atoms with Crippen molar-refractivity contribution in [1.29, 1.82) is 0 Å². The first-order chi connectivity index (χ1) is 9.04. The van der Waals surface area contributed by atoms with Crippen LogP contribution in [-0.4, -0.2) is 24.1 Å². The number of anilines is 1. The average Bonchev–Trinajstić information content (AvgIpc) is 2.39. The van der Waals surface area contributed by atoms with Gasteiger partial charge in [-0.15, -0.1) is 0 Å². The van der Waals surface area contributed by atoms with Crippen molar-refractivity contribution in [2.24, 2.45) is 0 Å². The minimum atomic E-state index is -0.702. The second-order valence-electron chi connectivity index (χ2n) is 4.20. The molecular formula is C14H18N2O3. The largest absolute Gasteiger partial charge is 0.348 e. The standard InChI is InChI=1S/C14H18N2O3/c1-3-4-9-15-13(18)14(19)16-12-7-5-11(6-8-12)10(2)17/h5-8H,3-4,9H2,1-2H3,(H,15,18)(H,16,19). The zero-order valence-electron chi connectivity index (χ0n) is 11.2. The van der Waals surface area contributed by atoms with Crippen molar-refractivity contribution < 1.29 is 14.4 Å². The molecule has 0 saturated carbocycles. The molecule has 0 aliphatic rings. The molecule has 0 atom stereocenters. The molecule has 0 fully saturated rings. The van der Waals surface area contributed by atoms with E-state index in [1.807, 2.05) is 6.92 Å². The normalized spacial score (nSPS) is 9.79. The van der Waals surface area contributed by atoms with E-state index in [1.54, 1.807) is 24.3 Å². The van der Waals surface area contributed by atoms with Gasteiger partial charge >= 0.3 is 11.8 Å². The van der Waals surface area contributed by atoms with Crippen molar-refractivity contribution in [2.45, 2.75) is 26.7 Å². The fraction of sp³-hybridized carbons (Fsp3) is 0.357. The second-order valence-corrected chi connectivity index (χ2v) is 4.20. The Morgan fingerprint density at radius 3 is 2.21 bits per heavy atom. The quantitative estimate of drug-likeness (QED) is 0.482. The topological polar surface area (TPSA) is 75.3 Å². The van der Waals surface area contributed by atoms with Crippen LogP contribution in [0.15, 0.2) is 24.3 Å². The van der Waals surface area contributed by atoms with Crippen molar-refractivity contribution in [3.05, 3.63) is 29.8 Å². The van der Waals surface area contributed by atoms with Gasteiger partial charge in [0, 0.05) is 17.8 Å². The summed E-state index contributed by atoms with van der Waals surface area (Å²) < 4.78 is 0. The van der Waals surface area contributed by atoms with Crippen molar-refractivity contribution >= 4 is 23.3 Å². The average molecular weight is 262 g/mol. The van der Waals surface area contributed by atoms with Crippen LogP contribution in [0.4, 0.5) is 5.69 Å². The molecule has 1 aromatic carbocycles. The van der Waals surface area contributed by atoms with Gasteiger partial charge in [-0.2, -0.15) is 0 Å². The van der Waals surface area contributed by atoms with Crippen molar-refractivity contribution in [3.63, 3.8) is 0 Å². The van der Waals surface area contributed by atoms with Gasteiger partial charge in [0.05, 0.1) is 0 Å². The lowest BCUT2D eigenvalue weighted by atomic mass is 10.1. The van der Waals surface area contributed by atoms with Crippen LogP contribution in [0.3, 0.4) is 0 Å². The fourth-order valence-corrected chi connectivity index (χ4v) is 1.44. The minimum Gasteiger partial charge on any atom is -0.348 e. The number of carbonyl (C=O) groups is 3. The molecule has 1 rings (SSSR count). The molecule has 0 heterocycles. The van der Waals surface area contributed by atoms with E-state index in [1.165, 1.54) is 6.92 Å². The highest BCUT2D eigenvalue weighted by molar-refractivity contribution is 6.39. The smallest absolute Gasteiger partial charge is 0.313 e. The van der Waals surface area contributed by atoms with Crippen LogP contribution < -0.4 is 10.6 Å². The lowest BCUT2D eigenvalue weighted by Crippen LogP contribution is -2.35. The first-order valence-electron chi connectivity index (χ1n) is 6.24. The molecule has 0 aliphatic carbocycles. The zero-order chi connectivity index (χ0) is 14.3. The summed E-state index contributed by atoms with van der Waals surface area (Å²) in [5, 5.41) is 5.00. The molecule has 0 aromatic heterocycles. The van der Waals surface area contributed by atoms with Gasteiger partial charge in [-0.25, -0.2) is 0 Å². The third-order valence-corrected chi connectivity index (χ3v) is 2.57. The maximum Gasteiger partial charge on any atom is 0.313 e. The summed E-state index contributed by atoms with van der Waals surface area (Å²) in [6.45, 7) is 3.96. The molecule has 2 amide bonds. The zero-order valence-corrected chi connectivity index (χ0v) is 11.2. The number of hydrogen-bond acceptors (Lipinski definition) is 3. The molecule has 1 aromatic rings. The molecule has 0 saturated heterocycles. The van der Waals surface area contributed by atoms with Crippen LogP contribution in [0, 0.1) is 0 Å². The van der Waals surface area contributed by atoms with Crippen LogP contribution in [0.25, 0.3) is 0 Å². The Hall–Kier alpha value is -2.17. The Morgan fingerprint density at radius 2 is 1.68 bits per heavy atom. The van der Waals surface area contributed by atoms with E-state index in [0.29, 0.717) is 17.8 Å². The highest BCUT2D eigenvalue weighted by Gasteiger charge is 2.12. The van der Waals surface area contributed by atoms with Crippen LogP contribution in [0.1, 0.15) is 37.0 Å². The highest BCUT2D eigenvalue weighted by Crippen LogP contribution is 2.09. The van der Waals surface area contributed by atoms with E-state index in [2.05, 4.69) is 10.6 Å². The summed E-state index contributed by atoms with van der Waals surface area (Å²) in [6.07, 6.45) is 1.79. The van der Waals surface area contributed by atoms with E-state index in [0.717, 1.165) is 12.8 Å². The van der Waals surface area contributed by atoms with Gasteiger partial charge in [0.15, 0.2) is 5.78 Å². The Kier molecular flexibility index (Phi) is 5.73. The van der Waals surface area contributed by atoms with Gasteiger partial charge < -0.3 is 10.6 Å². The number of rotatable bonds is 5. The van der Waals surface area contributed by atoms with E-state index in [4.69, 9.17) is 0 Å². The van der Waals surface area contributed by atoms with Crippen LogP contribution in [-0.2, 0) is 9.59 Å². The summed E-state index contributed by atoms with van der Waals surface area (Å²) in [5.74, 6) is -1.40. The molecule has 0 radical (unpaired) electrons. The molecular weight excluding hydrogens is 244 g/mol. The molecule has 5 nitrogen and oxygen atoms in total. The van der Waals surface area contributed by atoms with Gasteiger partial charge in [0.1, 0.15) is 0 Å². The van der Waals surface area contributed by atoms with Gasteiger partial charge in [0.2, 0.25) is 0 Å². The summed E-state index contributed by atoms with van der Waals surface area (Å²) >= 11 is 0. The molecule has 0 spiro atoms. The lowest BCUT2D eigenvalue weighted by molar-refractivity contribution is -0.136. The Labute approximate surface area is 112 Å². The van der Waals surface area contributed by atoms with E-state index in [-0.39, 0.29) is 5.78 Å². The molecule has 0 bridgehead atoms. The summed E-state index contributed by atoms with van der Waals surface area (Å²) in [5.41, 5.74) is 1.05. The van der Waals surface area contributed by atoms with Gasteiger partial charge in [0.25, 0.3) is 0 Å². The number of Topliss-reactive ketones (excluding diaryl/α,β-unsaturated/α-hetero) is 1. The first-order valence-corrected chi connectivity index (χ1v) is 6.24. The van der Waals surface area contributed by atoms with Crippen LogP contribution in [0.5, 0.6) is 0 Å². The number of benzene rings is 1. The summed E-state index contributed by atoms with van der Waals surface area (Å²) in [4.78, 5) is 34.0. The lowest BCUT2D eigenvalue weighted by Gasteiger charge is -2.06. The molecule has 2 N–H and O–H groups in total. The van der Waals surface area contributed by atoms with E-state index >= 15 is 0 Å². The van der Waals surface area contributed by atoms with Crippen molar-refractivity contribution in [2.75, 3.05) is 11.9 Å². The first kappa shape index (κ1) is 14.9. The molecule has 0 aliphatic heterocycles. The Bertz CT molecular complexity index is 466. The number of amides is 2. The number of unbranched alkanes of at least 4 members (excludes halogenated alkanes) is 1. The molecule has 102 valence electrons. The number of carbonyl (C=O) groups excluding carboxylic acids is 3. The number of hydrogen-bond donors (Lipinski definition) is 2. The third-order valence-electron chi connectivity index (χ3n) is 2.57. The van der Waals surface area contributed by atoms with Gasteiger partial charge in [-0.1, -0.05) is 13.3 Å². The third kappa shape index (κ3) is 4.91. The van der Waals surface area contributed by atoms with Crippen LogP contribution >= 0.6 is 0 Å². The highest BCUT2D eigenvalue weighted by atomic mass is 16.2. The van der Waals surface area contributed by atoms with E-state index < -0.39 is 11.8 Å². The van der Waals surface area contributed by atoms with Crippen molar-refractivity contribution in [1.82, 2.24) is 5.32 Å².